The van der Waals surface area contributed by atoms with Gasteiger partial charge in [-0.15, -0.1) is 0 Å². The molecule has 0 saturated heterocycles. The zero-order valence-corrected chi connectivity index (χ0v) is 29.6. The zero-order chi connectivity index (χ0) is 33.1. The van der Waals surface area contributed by atoms with E-state index in [0.29, 0.717) is 38.1 Å². The smallest absolute Gasteiger partial charge is 0.226 e. The first kappa shape index (κ1) is 42.4. The molecular weight excluding hydrogens is 562 g/mol. The van der Waals surface area contributed by atoms with Crippen molar-refractivity contribution in [2.24, 2.45) is 0 Å². The fourth-order valence-electron chi connectivity index (χ4n) is 5.22. The Bertz CT molecular complexity index is 1040. The van der Waals surface area contributed by atoms with Crippen LogP contribution in [0, 0.1) is 13.8 Å². The highest BCUT2D eigenvalue weighted by Gasteiger charge is 2.21. The van der Waals surface area contributed by atoms with Gasteiger partial charge in [-0.05, 0) is 105 Å². The molecule has 3 rings (SSSR count). The van der Waals surface area contributed by atoms with Crippen molar-refractivity contribution in [1.29, 1.82) is 0 Å². The monoisotopic (exact) mass is 630 g/mol. The molecule has 0 atom stereocenters. The summed E-state index contributed by atoms with van der Waals surface area (Å²) < 4.78 is 13.1. The Hall–Kier alpha value is -2.64. The van der Waals surface area contributed by atoms with Gasteiger partial charge in [-0.2, -0.15) is 0 Å². The summed E-state index contributed by atoms with van der Waals surface area (Å²) in [5.74, 6) is 0.410. The van der Waals surface area contributed by atoms with E-state index in [1.807, 2.05) is 70.0 Å². The van der Waals surface area contributed by atoms with Gasteiger partial charge in [0, 0.05) is 69.8 Å². The lowest BCUT2D eigenvalue weighted by Crippen LogP contribution is -2.38. The molecule has 1 fully saturated rings. The summed E-state index contributed by atoms with van der Waals surface area (Å²) in [6.45, 7) is 18.1. The maximum absolute atomic E-state index is 12.0. The maximum atomic E-state index is 12.0. The Morgan fingerprint density at radius 1 is 0.822 bits per heavy atom. The topological polar surface area (TPSA) is 64.0 Å². The molecule has 7 heteroatoms. The number of benzene rings is 1. The number of aryl methyl sites for hydroxylation is 2. The van der Waals surface area contributed by atoms with E-state index in [0.717, 1.165) is 18.5 Å². The van der Waals surface area contributed by atoms with Crippen LogP contribution in [-0.4, -0.2) is 66.8 Å². The summed E-state index contributed by atoms with van der Waals surface area (Å²) in [7, 11) is 3.77. The van der Waals surface area contributed by atoms with Crippen LogP contribution in [-0.2, 0) is 19.1 Å². The lowest BCUT2D eigenvalue weighted by molar-refractivity contribution is -0.133. The van der Waals surface area contributed by atoms with Crippen molar-refractivity contribution in [1.82, 2.24) is 9.47 Å². The van der Waals surface area contributed by atoms with Gasteiger partial charge in [-0.1, -0.05) is 44.9 Å². The average Bonchev–Trinajstić information content (AvgIpc) is 3.35. The highest BCUT2D eigenvalue weighted by Crippen LogP contribution is 2.22. The maximum Gasteiger partial charge on any atom is 0.226 e. The Morgan fingerprint density at radius 3 is 1.76 bits per heavy atom. The predicted molar refractivity (Wildman–Crippen MR) is 191 cm³/mol. The number of hydrogen-bond donors (Lipinski definition) is 0. The molecule has 1 heterocycles. The third-order valence-electron chi connectivity index (χ3n) is 7.75. The first-order valence-corrected chi connectivity index (χ1v) is 16.8. The second-order valence-corrected chi connectivity index (χ2v) is 12.8. The van der Waals surface area contributed by atoms with E-state index < -0.39 is 0 Å². The normalized spacial score (nSPS) is 13.0. The van der Waals surface area contributed by atoms with Crippen molar-refractivity contribution in [3.05, 3.63) is 53.9 Å². The molecule has 0 radical (unpaired) electrons. The number of ether oxygens (including phenoxy) is 2. The van der Waals surface area contributed by atoms with E-state index in [1.54, 1.807) is 11.9 Å². The van der Waals surface area contributed by atoms with Crippen molar-refractivity contribution in [2.75, 3.05) is 32.2 Å². The average molecular weight is 630 g/mol. The van der Waals surface area contributed by atoms with Crippen LogP contribution >= 0.6 is 0 Å². The molecule has 45 heavy (non-hydrogen) atoms. The van der Waals surface area contributed by atoms with Crippen LogP contribution in [0.1, 0.15) is 124 Å². The molecule has 0 bridgehead atoms. The molecule has 258 valence electrons. The molecule has 1 aromatic heterocycles. The molecule has 1 saturated carbocycles. The Morgan fingerprint density at radius 2 is 1.33 bits per heavy atom. The number of nitrogens with zero attached hydrogens (tertiary/aromatic N) is 3. The largest absolute Gasteiger partial charge is 0.379 e. The fraction of sp³-hybridized carbons (Fsp3) is 0.684. The van der Waals surface area contributed by atoms with E-state index in [9.17, 15) is 9.59 Å². The predicted octanol–water partition coefficient (Wildman–Crippen LogP) is 9.16. The van der Waals surface area contributed by atoms with Crippen molar-refractivity contribution in [2.45, 2.75) is 145 Å². The van der Waals surface area contributed by atoms with Crippen molar-refractivity contribution in [3.63, 3.8) is 0 Å². The summed E-state index contributed by atoms with van der Waals surface area (Å²) in [6.07, 6.45) is 11.7. The quantitative estimate of drug-likeness (QED) is 0.207. The molecule has 0 N–H and O–H groups in total. The molecule has 2 aromatic rings. The molecule has 1 aromatic carbocycles. The number of para-hydroxylation sites is 1. The molecule has 7 nitrogen and oxygen atoms in total. The van der Waals surface area contributed by atoms with Crippen LogP contribution in [0.4, 0.5) is 5.69 Å². The first-order chi connectivity index (χ1) is 20.8. The van der Waals surface area contributed by atoms with Gasteiger partial charge >= 0.3 is 0 Å². The molecule has 0 aliphatic heterocycles. The van der Waals surface area contributed by atoms with Gasteiger partial charge in [0.1, 0.15) is 0 Å². The lowest BCUT2D eigenvalue weighted by Gasteiger charge is -2.31. The Balaban J connectivity index is 0.000000660. The van der Waals surface area contributed by atoms with Crippen LogP contribution in [0.25, 0.3) is 0 Å². The highest BCUT2D eigenvalue weighted by atomic mass is 16.5. The number of aromatic nitrogens is 1. The number of carbonyl (C=O) groups is 2. The number of anilines is 1. The lowest BCUT2D eigenvalue weighted by atomic mass is 9.94. The Labute approximate surface area is 276 Å². The van der Waals surface area contributed by atoms with Gasteiger partial charge < -0.3 is 23.8 Å². The number of rotatable bonds is 13. The van der Waals surface area contributed by atoms with Crippen LogP contribution in [0.2, 0.25) is 0 Å². The number of carbonyl (C=O) groups excluding carboxylic acids is 2. The number of hydrogen-bond acceptors (Lipinski definition) is 4. The van der Waals surface area contributed by atoms with Gasteiger partial charge in [0.15, 0.2) is 0 Å². The van der Waals surface area contributed by atoms with Gasteiger partial charge in [-0.25, -0.2) is 0 Å². The van der Waals surface area contributed by atoms with E-state index in [4.69, 9.17) is 9.47 Å². The summed E-state index contributed by atoms with van der Waals surface area (Å²) in [4.78, 5) is 27.5. The van der Waals surface area contributed by atoms with E-state index in [2.05, 4.69) is 44.5 Å². The van der Waals surface area contributed by atoms with Crippen LogP contribution in [0.5, 0.6) is 0 Å². The van der Waals surface area contributed by atoms with Crippen molar-refractivity contribution < 1.29 is 19.1 Å². The minimum Gasteiger partial charge on any atom is -0.379 e. The third-order valence-corrected chi connectivity index (χ3v) is 7.75. The van der Waals surface area contributed by atoms with Crippen LogP contribution < -0.4 is 4.90 Å². The van der Waals surface area contributed by atoms with Crippen molar-refractivity contribution >= 4 is 17.5 Å². The zero-order valence-electron chi connectivity index (χ0n) is 29.6. The van der Waals surface area contributed by atoms with Gasteiger partial charge in [0.05, 0.1) is 12.2 Å². The highest BCUT2D eigenvalue weighted by molar-refractivity contribution is 5.92. The summed E-state index contributed by atoms with van der Waals surface area (Å²) in [6, 6.07) is 13.0. The first-order valence-electron chi connectivity index (χ1n) is 16.8. The SMILES string of the molecule is C.CC(C)OCCCC(=O)N(C)C1CCCCC1.CC(C)OCCCC(=O)N(C)c1ccccc1.Cc1cc(C)n(C(C)C)c1. The standard InChI is InChI=1S/C14H27NO2.C14H21NO2.C9H15N.CH4/c2*1-12(2)17-11-7-10-14(16)15(3)13-8-5-4-6-9-13;1-7(2)10-6-8(3)5-9(10)4;/h12-13H,4-11H2,1-3H3;4-6,8-9,12H,7,10-11H2,1-3H3;5-7H,1-4H3;1H4. The molecule has 1 aliphatic carbocycles. The molecular formula is C38H67N3O4. The van der Waals surface area contributed by atoms with E-state index >= 15 is 0 Å². The third kappa shape index (κ3) is 18.2. The summed E-state index contributed by atoms with van der Waals surface area (Å²) in [5.41, 5.74) is 3.64. The van der Waals surface area contributed by atoms with Gasteiger partial charge in [-0.3, -0.25) is 9.59 Å². The Kier molecular flexibility index (Phi) is 22.3. The van der Waals surface area contributed by atoms with Gasteiger partial charge in [0.25, 0.3) is 0 Å². The molecule has 2 amide bonds. The minimum atomic E-state index is 0. The molecule has 0 unspecified atom stereocenters. The van der Waals surface area contributed by atoms with Crippen LogP contribution in [0.3, 0.4) is 0 Å². The summed E-state index contributed by atoms with van der Waals surface area (Å²) in [5, 5.41) is 0. The number of amides is 2. The summed E-state index contributed by atoms with van der Waals surface area (Å²) >= 11 is 0. The van der Waals surface area contributed by atoms with E-state index in [1.165, 1.54) is 43.4 Å². The second kappa shape index (κ2) is 23.7. The minimum absolute atomic E-state index is 0. The molecule has 0 spiro atoms. The van der Waals surface area contributed by atoms with E-state index in [-0.39, 0.29) is 31.4 Å². The fourth-order valence-corrected chi connectivity index (χ4v) is 5.22. The molecule has 1 aliphatic rings. The second-order valence-electron chi connectivity index (χ2n) is 12.8. The van der Waals surface area contributed by atoms with Crippen LogP contribution in [0.15, 0.2) is 42.6 Å². The van der Waals surface area contributed by atoms with Gasteiger partial charge in [0.2, 0.25) is 11.8 Å². The van der Waals surface area contributed by atoms with Crippen molar-refractivity contribution in [3.8, 4) is 0 Å².